The number of nitrogens with two attached hydrogens (primary N) is 1. The van der Waals surface area contributed by atoms with Crippen molar-refractivity contribution in [3.05, 3.63) is 33.9 Å². The summed E-state index contributed by atoms with van der Waals surface area (Å²) in [4.78, 5) is 0. The Morgan fingerprint density at radius 2 is 2.14 bits per heavy atom. The first kappa shape index (κ1) is 9.74. The zero-order valence-electron chi connectivity index (χ0n) is 8.34. The van der Waals surface area contributed by atoms with Crippen molar-refractivity contribution in [2.75, 3.05) is 0 Å². The van der Waals surface area contributed by atoms with Gasteiger partial charge in [0, 0.05) is 34.7 Å². The van der Waals surface area contributed by atoms with E-state index in [0.29, 0.717) is 6.54 Å². The third-order valence-corrected chi connectivity index (χ3v) is 3.46. The Kier molecular flexibility index (Phi) is 2.37. The van der Waals surface area contributed by atoms with Crippen LogP contribution in [0.2, 0.25) is 0 Å². The molecular formula is C11H13BrN2. The largest absolute Gasteiger partial charge is 0.348 e. The molecule has 14 heavy (non-hydrogen) atoms. The Bertz CT molecular complexity index is 485. The molecule has 0 bridgehead atoms. The second-order valence-electron chi connectivity index (χ2n) is 3.46. The van der Waals surface area contributed by atoms with Crippen LogP contribution in [0.5, 0.6) is 0 Å². The van der Waals surface area contributed by atoms with E-state index in [2.05, 4.69) is 46.6 Å². The van der Waals surface area contributed by atoms with Gasteiger partial charge in [0.1, 0.15) is 0 Å². The zero-order chi connectivity index (χ0) is 10.3. The van der Waals surface area contributed by atoms with Gasteiger partial charge in [-0.25, -0.2) is 0 Å². The van der Waals surface area contributed by atoms with Crippen molar-refractivity contribution in [3.8, 4) is 0 Å². The van der Waals surface area contributed by atoms with E-state index in [4.69, 9.17) is 5.73 Å². The second-order valence-corrected chi connectivity index (χ2v) is 4.32. The van der Waals surface area contributed by atoms with E-state index >= 15 is 0 Å². The van der Waals surface area contributed by atoms with Gasteiger partial charge < -0.3 is 10.3 Å². The molecule has 0 saturated carbocycles. The van der Waals surface area contributed by atoms with Crippen LogP contribution in [-0.4, -0.2) is 4.57 Å². The Hall–Kier alpha value is -0.800. The SMILES string of the molecule is Cc1c(CN)c2c(Br)cccc2n1C. The molecule has 1 heterocycles. The molecule has 0 saturated heterocycles. The Morgan fingerprint density at radius 1 is 1.43 bits per heavy atom. The number of hydrogen-bond acceptors (Lipinski definition) is 1. The first-order valence-electron chi connectivity index (χ1n) is 4.59. The van der Waals surface area contributed by atoms with Crippen LogP contribution in [0.4, 0.5) is 0 Å². The Morgan fingerprint density at radius 3 is 2.79 bits per heavy atom. The molecule has 2 nitrogen and oxygen atoms in total. The highest BCUT2D eigenvalue weighted by molar-refractivity contribution is 9.10. The standard InChI is InChI=1S/C11H13BrN2/c1-7-8(6-13)11-9(12)4-3-5-10(11)14(7)2/h3-5H,6,13H2,1-2H3. The first-order chi connectivity index (χ1) is 6.66. The molecule has 0 aliphatic heterocycles. The van der Waals surface area contributed by atoms with Gasteiger partial charge in [-0.05, 0) is 24.6 Å². The average Bonchev–Trinajstić information content (AvgIpc) is 2.43. The van der Waals surface area contributed by atoms with Gasteiger partial charge in [-0.1, -0.05) is 22.0 Å². The van der Waals surface area contributed by atoms with E-state index in [9.17, 15) is 0 Å². The summed E-state index contributed by atoms with van der Waals surface area (Å²) in [6, 6.07) is 6.22. The number of aryl methyl sites for hydroxylation is 1. The number of halogens is 1. The number of benzene rings is 1. The van der Waals surface area contributed by atoms with E-state index < -0.39 is 0 Å². The van der Waals surface area contributed by atoms with E-state index in [0.717, 1.165) is 4.47 Å². The molecule has 0 radical (unpaired) electrons. The fourth-order valence-electron chi connectivity index (χ4n) is 1.90. The highest BCUT2D eigenvalue weighted by atomic mass is 79.9. The Labute approximate surface area is 91.8 Å². The zero-order valence-corrected chi connectivity index (χ0v) is 9.93. The third-order valence-electron chi connectivity index (χ3n) is 2.80. The summed E-state index contributed by atoms with van der Waals surface area (Å²) in [5, 5.41) is 1.25. The van der Waals surface area contributed by atoms with Gasteiger partial charge in [-0.2, -0.15) is 0 Å². The van der Waals surface area contributed by atoms with Crippen LogP contribution in [-0.2, 0) is 13.6 Å². The molecule has 2 aromatic rings. The highest BCUT2D eigenvalue weighted by Crippen LogP contribution is 2.30. The molecule has 0 spiro atoms. The fourth-order valence-corrected chi connectivity index (χ4v) is 2.50. The monoisotopic (exact) mass is 252 g/mol. The van der Waals surface area contributed by atoms with Crippen molar-refractivity contribution in [1.82, 2.24) is 4.57 Å². The van der Waals surface area contributed by atoms with Gasteiger partial charge in [-0.15, -0.1) is 0 Å². The van der Waals surface area contributed by atoms with Gasteiger partial charge in [0.2, 0.25) is 0 Å². The third kappa shape index (κ3) is 1.20. The predicted octanol–water partition coefficient (Wildman–Crippen LogP) is 2.71. The molecule has 2 N–H and O–H groups in total. The van der Waals surface area contributed by atoms with Crippen LogP contribution >= 0.6 is 15.9 Å². The molecular weight excluding hydrogens is 240 g/mol. The minimum Gasteiger partial charge on any atom is -0.348 e. The maximum Gasteiger partial charge on any atom is 0.0494 e. The van der Waals surface area contributed by atoms with Crippen molar-refractivity contribution >= 4 is 26.8 Å². The van der Waals surface area contributed by atoms with Crippen molar-refractivity contribution < 1.29 is 0 Å². The van der Waals surface area contributed by atoms with Crippen LogP contribution in [0.3, 0.4) is 0 Å². The Balaban J connectivity index is 2.96. The van der Waals surface area contributed by atoms with Crippen molar-refractivity contribution in [2.24, 2.45) is 12.8 Å². The van der Waals surface area contributed by atoms with Gasteiger partial charge in [0.15, 0.2) is 0 Å². The van der Waals surface area contributed by atoms with Crippen LogP contribution in [0.15, 0.2) is 22.7 Å². The molecule has 0 atom stereocenters. The molecule has 1 aromatic heterocycles. The summed E-state index contributed by atoms with van der Waals surface area (Å²) in [5.74, 6) is 0. The molecule has 1 aromatic carbocycles. The lowest BCUT2D eigenvalue weighted by Crippen LogP contribution is -1.99. The lowest BCUT2D eigenvalue weighted by atomic mass is 10.1. The van der Waals surface area contributed by atoms with Gasteiger partial charge in [0.05, 0.1) is 0 Å². The second kappa shape index (κ2) is 3.41. The minimum atomic E-state index is 0.589. The van der Waals surface area contributed by atoms with Crippen molar-refractivity contribution in [3.63, 3.8) is 0 Å². The molecule has 2 rings (SSSR count). The number of fused-ring (bicyclic) bond motifs is 1. The lowest BCUT2D eigenvalue weighted by Gasteiger charge is -1.97. The molecule has 0 aliphatic rings. The highest BCUT2D eigenvalue weighted by Gasteiger charge is 2.12. The summed E-state index contributed by atoms with van der Waals surface area (Å²) < 4.78 is 3.31. The summed E-state index contributed by atoms with van der Waals surface area (Å²) in [6.07, 6.45) is 0. The maximum atomic E-state index is 5.76. The minimum absolute atomic E-state index is 0.589. The van der Waals surface area contributed by atoms with Crippen LogP contribution in [0.25, 0.3) is 10.9 Å². The van der Waals surface area contributed by atoms with Gasteiger partial charge in [-0.3, -0.25) is 0 Å². The van der Waals surface area contributed by atoms with Crippen LogP contribution < -0.4 is 5.73 Å². The first-order valence-corrected chi connectivity index (χ1v) is 5.38. The van der Waals surface area contributed by atoms with E-state index in [1.54, 1.807) is 0 Å². The number of aromatic nitrogens is 1. The topological polar surface area (TPSA) is 30.9 Å². The quantitative estimate of drug-likeness (QED) is 0.832. The van der Waals surface area contributed by atoms with Crippen molar-refractivity contribution in [2.45, 2.75) is 13.5 Å². The van der Waals surface area contributed by atoms with E-state index in [1.165, 1.54) is 22.2 Å². The number of rotatable bonds is 1. The molecule has 0 amide bonds. The molecule has 0 unspecified atom stereocenters. The molecule has 0 fully saturated rings. The normalized spacial score (nSPS) is 11.1. The summed E-state index contributed by atoms with van der Waals surface area (Å²) in [7, 11) is 2.07. The van der Waals surface area contributed by atoms with Gasteiger partial charge in [0.25, 0.3) is 0 Å². The molecule has 3 heteroatoms. The summed E-state index contributed by atoms with van der Waals surface area (Å²) in [6.45, 7) is 2.69. The lowest BCUT2D eigenvalue weighted by molar-refractivity contribution is 0.894. The maximum absolute atomic E-state index is 5.76. The van der Waals surface area contributed by atoms with Crippen LogP contribution in [0.1, 0.15) is 11.3 Å². The predicted molar refractivity (Wildman–Crippen MR) is 63.2 cm³/mol. The van der Waals surface area contributed by atoms with Gasteiger partial charge >= 0.3 is 0 Å². The summed E-state index contributed by atoms with van der Waals surface area (Å²) >= 11 is 3.57. The van der Waals surface area contributed by atoms with Crippen LogP contribution in [0, 0.1) is 6.92 Å². The van der Waals surface area contributed by atoms with Crippen molar-refractivity contribution in [1.29, 1.82) is 0 Å². The number of hydrogen-bond donors (Lipinski definition) is 1. The summed E-state index contributed by atoms with van der Waals surface area (Å²) in [5.41, 5.74) is 9.47. The molecule has 74 valence electrons. The van der Waals surface area contributed by atoms with E-state index in [1.807, 2.05) is 6.07 Å². The van der Waals surface area contributed by atoms with E-state index in [-0.39, 0.29) is 0 Å². The molecule has 0 aliphatic carbocycles. The fraction of sp³-hybridized carbons (Fsp3) is 0.273. The number of nitrogens with zero attached hydrogens (tertiary/aromatic N) is 1. The average molecular weight is 253 g/mol. The smallest absolute Gasteiger partial charge is 0.0494 e.